The summed E-state index contributed by atoms with van der Waals surface area (Å²) in [5.74, 6) is 0. The van der Waals surface area contributed by atoms with E-state index < -0.39 is 0 Å². The first kappa shape index (κ1) is 16.0. The third-order valence-electron chi connectivity index (χ3n) is 3.50. The SMILES string of the molecule is CCN(CCCc1ccccc1N)CCCN(C)C. The van der Waals surface area contributed by atoms with Crippen molar-refractivity contribution < 1.29 is 0 Å². The second-order valence-electron chi connectivity index (χ2n) is 5.39. The summed E-state index contributed by atoms with van der Waals surface area (Å²) in [5, 5.41) is 0. The number of nitrogens with zero attached hydrogens (tertiary/aromatic N) is 2. The summed E-state index contributed by atoms with van der Waals surface area (Å²) in [4.78, 5) is 4.78. The molecule has 0 radical (unpaired) electrons. The van der Waals surface area contributed by atoms with Crippen LogP contribution in [-0.2, 0) is 6.42 Å². The molecule has 0 amide bonds. The topological polar surface area (TPSA) is 32.5 Å². The van der Waals surface area contributed by atoms with Gasteiger partial charge in [0.05, 0.1) is 0 Å². The molecule has 0 saturated heterocycles. The molecule has 0 unspecified atom stereocenters. The van der Waals surface area contributed by atoms with Crippen molar-refractivity contribution in [2.24, 2.45) is 0 Å². The van der Waals surface area contributed by atoms with E-state index in [4.69, 9.17) is 5.73 Å². The Labute approximate surface area is 118 Å². The van der Waals surface area contributed by atoms with Gasteiger partial charge in [0.25, 0.3) is 0 Å². The van der Waals surface area contributed by atoms with Gasteiger partial charge >= 0.3 is 0 Å². The first-order chi connectivity index (χ1) is 9.13. The maximum atomic E-state index is 5.96. The zero-order valence-electron chi connectivity index (χ0n) is 12.7. The summed E-state index contributed by atoms with van der Waals surface area (Å²) in [6, 6.07) is 8.19. The van der Waals surface area contributed by atoms with E-state index in [1.54, 1.807) is 0 Å². The normalized spacial score (nSPS) is 11.4. The smallest absolute Gasteiger partial charge is 0.0346 e. The van der Waals surface area contributed by atoms with E-state index in [1.165, 1.54) is 31.5 Å². The van der Waals surface area contributed by atoms with E-state index in [1.807, 2.05) is 12.1 Å². The summed E-state index contributed by atoms with van der Waals surface area (Å²) in [7, 11) is 4.27. The lowest BCUT2D eigenvalue weighted by molar-refractivity contribution is 0.264. The average molecular weight is 263 g/mol. The zero-order valence-corrected chi connectivity index (χ0v) is 12.7. The summed E-state index contributed by atoms with van der Waals surface area (Å²) >= 11 is 0. The van der Waals surface area contributed by atoms with E-state index >= 15 is 0 Å². The number of benzene rings is 1. The highest BCUT2D eigenvalue weighted by molar-refractivity contribution is 5.46. The minimum Gasteiger partial charge on any atom is -0.399 e. The quantitative estimate of drug-likeness (QED) is 0.695. The molecule has 2 N–H and O–H groups in total. The lowest BCUT2D eigenvalue weighted by atomic mass is 10.1. The Bertz CT molecular complexity index is 350. The highest BCUT2D eigenvalue weighted by atomic mass is 15.1. The maximum absolute atomic E-state index is 5.96. The first-order valence-corrected chi connectivity index (χ1v) is 7.34. The second kappa shape index (κ2) is 8.94. The van der Waals surface area contributed by atoms with Crippen molar-refractivity contribution in [2.45, 2.75) is 26.2 Å². The maximum Gasteiger partial charge on any atom is 0.0346 e. The fraction of sp³-hybridized carbons (Fsp3) is 0.625. The Morgan fingerprint density at radius 1 is 1.00 bits per heavy atom. The number of aryl methyl sites for hydroxylation is 1. The van der Waals surface area contributed by atoms with Gasteiger partial charge in [-0.05, 0) is 71.2 Å². The van der Waals surface area contributed by atoms with Gasteiger partial charge in [0.15, 0.2) is 0 Å². The molecule has 0 atom stereocenters. The Balaban J connectivity index is 2.24. The van der Waals surface area contributed by atoms with Crippen LogP contribution in [0.5, 0.6) is 0 Å². The van der Waals surface area contributed by atoms with Gasteiger partial charge in [0, 0.05) is 5.69 Å². The van der Waals surface area contributed by atoms with Crippen LogP contribution in [-0.4, -0.2) is 50.1 Å². The average Bonchev–Trinajstić information content (AvgIpc) is 2.38. The van der Waals surface area contributed by atoms with Crippen LogP contribution in [0.1, 0.15) is 25.3 Å². The molecule has 0 bridgehead atoms. The molecule has 1 aromatic carbocycles. The van der Waals surface area contributed by atoms with Crippen molar-refractivity contribution in [3.05, 3.63) is 29.8 Å². The predicted octanol–water partition coefficient (Wildman–Crippen LogP) is 2.48. The third kappa shape index (κ3) is 6.60. The van der Waals surface area contributed by atoms with E-state index in [2.05, 4.69) is 43.0 Å². The lowest BCUT2D eigenvalue weighted by Crippen LogP contribution is -2.28. The van der Waals surface area contributed by atoms with Gasteiger partial charge in [-0.3, -0.25) is 0 Å². The van der Waals surface area contributed by atoms with E-state index in [0.717, 1.165) is 25.2 Å². The fourth-order valence-corrected chi connectivity index (χ4v) is 2.29. The number of hydrogen-bond donors (Lipinski definition) is 1. The molecule has 3 heteroatoms. The number of hydrogen-bond acceptors (Lipinski definition) is 3. The lowest BCUT2D eigenvalue weighted by Gasteiger charge is -2.21. The highest BCUT2D eigenvalue weighted by Crippen LogP contribution is 2.12. The van der Waals surface area contributed by atoms with Crippen LogP contribution < -0.4 is 5.73 Å². The highest BCUT2D eigenvalue weighted by Gasteiger charge is 2.04. The van der Waals surface area contributed by atoms with Crippen molar-refractivity contribution in [1.29, 1.82) is 0 Å². The van der Waals surface area contributed by atoms with Crippen molar-refractivity contribution in [1.82, 2.24) is 9.80 Å². The minimum absolute atomic E-state index is 0.929. The first-order valence-electron chi connectivity index (χ1n) is 7.34. The van der Waals surface area contributed by atoms with Crippen LogP contribution in [0.15, 0.2) is 24.3 Å². The van der Waals surface area contributed by atoms with Crippen molar-refractivity contribution in [3.8, 4) is 0 Å². The molecular formula is C16H29N3. The van der Waals surface area contributed by atoms with Gasteiger partial charge < -0.3 is 15.5 Å². The van der Waals surface area contributed by atoms with Crippen LogP contribution in [0.2, 0.25) is 0 Å². The minimum atomic E-state index is 0.929. The third-order valence-corrected chi connectivity index (χ3v) is 3.50. The van der Waals surface area contributed by atoms with Crippen LogP contribution in [0.3, 0.4) is 0 Å². The summed E-state index contributed by atoms with van der Waals surface area (Å²) in [6.07, 6.45) is 3.51. The Morgan fingerprint density at radius 3 is 2.32 bits per heavy atom. The largest absolute Gasteiger partial charge is 0.399 e. The molecule has 108 valence electrons. The summed E-state index contributed by atoms with van der Waals surface area (Å²) < 4.78 is 0. The predicted molar refractivity (Wildman–Crippen MR) is 84.5 cm³/mol. The number of para-hydroxylation sites is 1. The molecule has 0 saturated carbocycles. The van der Waals surface area contributed by atoms with Crippen LogP contribution in [0.25, 0.3) is 0 Å². The van der Waals surface area contributed by atoms with Crippen molar-refractivity contribution in [2.75, 3.05) is 46.0 Å². The van der Waals surface area contributed by atoms with Gasteiger partial charge in [-0.15, -0.1) is 0 Å². The number of rotatable bonds is 9. The molecule has 19 heavy (non-hydrogen) atoms. The van der Waals surface area contributed by atoms with Crippen LogP contribution >= 0.6 is 0 Å². The molecule has 1 aromatic rings. The number of nitrogens with two attached hydrogens (primary N) is 1. The molecule has 0 aliphatic carbocycles. The van der Waals surface area contributed by atoms with Gasteiger partial charge in [0.2, 0.25) is 0 Å². The molecule has 1 rings (SSSR count). The van der Waals surface area contributed by atoms with E-state index in [-0.39, 0.29) is 0 Å². The van der Waals surface area contributed by atoms with Crippen molar-refractivity contribution in [3.63, 3.8) is 0 Å². The Kier molecular flexibility index (Phi) is 7.53. The molecule has 0 aliphatic heterocycles. The number of nitrogen functional groups attached to an aromatic ring is 1. The van der Waals surface area contributed by atoms with Crippen LogP contribution in [0, 0.1) is 0 Å². The van der Waals surface area contributed by atoms with Crippen LogP contribution in [0.4, 0.5) is 5.69 Å². The molecule has 0 heterocycles. The molecular weight excluding hydrogens is 234 g/mol. The van der Waals surface area contributed by atoms with Gasteiger partial charge in [-0.1, -0.05) is 25.1 Å². The van der Waals surface area contributed by atoms with Gasteiger partial charge in [-0.25, -0.2) is 0 Å². The molecule has 0 aliphatic rings. The second-order valence-corrected chi connectivity index (χ2v) is 5.39. The zero-order chi connectivity index (χ0) is 14.1. The molecule has 0 spiro atoms. The van der Waals surface area contributed by atoms with Gasteiger partial charge in [-0.2, -0.15) is 0 Å². The number of anilines is 1. The standard InChI is InChI=1S/C16H29N3/c1-4-19(14-8-12-18(2)3)13-7-10-15-9-5-6-11-16(15)17/h5-6,9,11H,4,7-8,10,12-14,17H2,1-3H3. The fourth-order valence-electron chi connectivity index (χ4n) is 2.29. The Morgan fingerprint density at radius 2 is 1.68 bits per heavy atom. The van der Waals surface area contributed by atoms with E-state index in [9.17, 15) is 0 Å². The summed E-state index contributed by atoms with van der Waals surface area (Å²) in [6.45, 7) is 6.91. The van der Waals surface area contributed by atoms with E-state index in [0.29, 0.717) is 0 Å². The summed E-state index contributed by atoms with van der Waals surface area (Å²) in [5.41, 5.74) is 8.18. The molecule has 0 fully saturated rings. The Hall–Kier alpha value is -1.06. The molecule has 0 aromatic heterocycles. The monoisotopic (exact) mass is 263 g/mol. The van der Waals surface area contributed by atoms with Gasteiger partial charge in [0.1, 0.15) is 0 Å². The molecule has 3 nitrogen and oxygen atoms in total. The van der Waals surface area contributed by atoms with Crippen molar-refractivity contribution >= 4 is 5.69 Å².